The Kier molecular flexibility index (Phi) is 8.53. The number of benzene rings is 3. The minimum atomic E-state index is -0.683. The standard InChI is InChI=1S/C32H29N3O7S/c1-5-41-31(37)28-20(3)33-32-34(29(28)23-12-9-19(2)10-13-23)30(36)27(43-32)17-21-11-14-25(26(16-21)40-4)42-18-22-7-6-8-24(15-22)35(38)39/h6-17,29H,5,18H2,1-4H3/b27-17+/t29-/m1/s1. The van der Waals surface area contributed by atoms with Gasteiger partial charge in [-0.15, -0.1) is 0 Å². The van der Waals surface area contributed by atoms with Gasteiger partial charge >= 0.3 is 5.97 Å². The maximum absolute atomic E-state index is 13.9. The van der Waals surface area contributed by atoms with E-state index >= 15 is 0 Å². The smallest absolute Gasteiger partial charge is 0.338 e. The van der Waals surface area contributed by atoms with Crippen LogP contribution >= 0.6 is 11.3 Å². The number of nitrogens with zero attached hydrogens (tertiary/aromatic N) is 3. The predicted octanol–water partition coefficient (Wildman–Crippen LogP) is 4.60. The molecule has 1 aliphatic heterocycles. The van der Waals surface area contributed by atoms with Crippen molar-refractivity contribution in [2.24, 2.45) is 4.99 Å². The van der Waals surface area contributed by atoms with E-state index in [1.807, 2.05) is 31.2 Å². The van der Waals surface area contributed by atoms with Crippen LogP contribution in [0, 0.1) is 17.0 Å². The Morgan fingerprint density at radius 3 is 2.56 bits per heavy atom. The molecule has 0 saturated carbocycles. The van der Waals surface area contributed by atoms with Crippen LogP contribution in [0.25, 0.3) is 6.08 Å². The van der Waals surface area contributed by atoms with Crippen molar-refractivity contribution in [3.63, 3.8) is 0 Å². The first-order valence-electron chi connectivity index (χ1n) is 13.5. The highest BCUT2D eigenvalue weighted by Gasteiger charge is 2.33. The Morgan fingerprint density at radius 2 is 1.86 bits per heavy atom. The van der Waals surface area contributed by atoms with E-state index in [0.29, 0.717) is 43.2 Å². The number of ether oxygens (including phenoxy) is 3. The number of carbonyl (C=O) groups excluding carboxylic acids is 1. The van der Waals surface area contributed by atoms with Gasteiger partial charge in [-0.3, -0.25) is 19.5 Å². The fourth-order valence-electron chi connectivity index (χ4n) is 4.82. The highest BCUT2D eigenvalue weighted by molar-refractivity contribution is 7.07. The number of aryl methyl sites for hydroxylation is 1. The average molecular weight is 600 g/mol. The van der Waals surface area contributed by atoms with Gasteiger partial charge in [0.15, 0.2) is 16.3 Å². The molecular formula is C32H29N3O7S. The maximum Gasteiger partial charge on any atom is 0.338 e. The van der Waals surface area contributed by atoms with Gasteiger partial charge in [0.1, 0.15) is 6.61 Å². The van der Waals surface area contributed by atoms with Crippen LogP contribution in [0.2, 0.25) is 0 Å². The van der Waals surface area contributed by atoms with Gasteiger partial charge < -0.3 is 14.2 Å². The van der Waals surface area contributed by atoms with Crippen molar-refractivity contribution < 1.29 is 23.9 Å². The first kappa shape index (κ1) is 29.5. The van der Waals surface area contributed by atoms with Crippen molar-refractivity contribution in [2.45, 2.75) is 33.4 Å². The van der Waals surface area contributed by atoms with Crippen molar-refractivity contribution in [1.29, 1.82) is 0 Å². The molecule has 0 aliphatic carbocycles. The van der Waals surface area contributed by atoms with E-state index < -0.39 is 16.9 Å². The number of allylic oxidation sites excluding steroid dienone is 1. The molecule has 3 aromatic carbocycles. The lowest BCUT2D eigenvalue weighted by molar-refractivity contribution is -0.384. The molecule has 5 rings (SSSR count). The number of nitro groups is 1. The average Bonchev–Trinajstić information content (AvgIpc) is 3.30. The highest BCUT2D eigenvalue weighted by atomic mass is 32.1. The van der Waals surface area contributed by atoms with E-state index in [9.17, 15) is 19.7 Å². The minimum absolute atomic E-state index is 0.0148. The number of esters is 1. The molecule has 0 unspecified atom stereocenters. The van der Waals surface area contributed by atoms with Crippen molar-refractivity contribution in [2.75, 3.05) is 13.7 Å². The lowest BCUT2D eigenvalue weighted by Gasteiger charge is -2.24. The number of methoxy groups -OCH3 is 1. The zero-order chi connectivity index (χ0) is 30.7. The molecule has 220 valence electrons. The van der Waals surface area contributed by atoms with Crippen molar-refractivity contribution in [1.82, 2.24) is 4.57 Å². The Balaban J connectivity index is 1.51. The second kappa shape index (κ2) is 12.5. The molecule has 0 saturated heterocycles. The lowest BCUT2D eigenvalue weighted by atomic mass is 9.95. The van der Waals surface area contributed by atoms with Crippen LogP contribution in [0.15, 0.2) is 87.8 Å². The zero-order valence-corrected chi connectivity index (χ0v) is 24.8. The molecule has 0 fully saturated rings. The third-order valence-corrected chi connectivity index (χ3v) is 7.89. The van der Waals surface area contributed by atoms with Gasteiger partial charge in [-0.05, 0) is 55.7 Å². The fourth-order valence-corrected chi connectivity index (χ4v) is 5.87. The molecule has 10 nitrogen and oxygen atoms in total. The van der Waals surface area contributed by atoms with Gasteiger partial charge in [0.2, 0.25) is 0 Å². The molecule has 2 heterocycles. The SMILES string of the molecule is CCOC(=O)C1=C(C)N=c2s/c(=C/c3ccc(OCc4cccc([N+](=O)[O-])c4)c(OC)c3)c(=O)n2[C@@H]1c1ccc(C)cc1. The predicted molar refractivity (Wildman–Crippen MR) is 162 cm³/mol. The second-order valence-electron chi connectivity index (χ2n) is 9.84. The molecule has 1 aliphatic rings. The molecule has 0 bridgehead atoms. The second-order valence-corrected chi connectivity index (χ2v) is 10.8. The topological polar surface area (TPSA) is 122 Å². The largest absolute Gasteiger partial charge is 0.493 e. The first-order valence-corrected chi connectivity index (χ1v) is 14.3. The van der Waals surface area contributed by atoms with E-state index in [2.05, 4.69) is 4.99 Å². The summed E-state index contributed by atoms with van der Waals surface area (Å²) < 4.78 is 18.8. The lowest BCUT2D eigenvalue weighted by Crippen LogP contribution is -2.39. The van der Waals surface area contributed by atoms with E-state index in [0.717, 1.165) is 11.1 Å². The number of non-ortho nitro benzene ring substituents is 1. The van der Waals surface area contributed by atoms with Gasteiger partial charge in [0.25, 0.3) is 11.2 Å². The number of hydrogen-bond acceptors (Lipinski definition) is 9. The Morgan fingerprint density at radius 1 is 1.09 bits per heavy atom. The van der Waals surface area contributed by atoms with Gasteiger partial charge in [0.05, 0.1) is 40.5 Å². The molecule has 0 spiro atoms. The number of fused-ring (bicyclic) bond motifs is 1. The van der Waals surface area contributed by atoms with Crippen LogP contribution in [0.1, 0.15) is 42.1 Å². The fraction of sp³-hybridized carbons (Fsp3) is 0.219. The van der Waals surface area contributed by atoms with Crippen LogP contribution in [0.4, 0.5) is 5.69 Å². The summed E-state index contributed by atoms with van der Waals surface area (Å²) in [6, 6.07) is 18.5. The molecule has 0 radical (unpaired) electrons. The molecule has 1 aromatic heterocycles. The number of rotatable bonds is 9. The molecule has 43 heavy (non-hydrogen) atoms. The first-order chi connectivity index (χ1) is 20.7. The molecule has 0 amide bonds. The Hall–Kier alpha value is -5.03. The summed E-state index contributed by atoms with van der Waals surface area (Å²) in [5.74, 6) is 0.376. The quantitative estimate of drug-likeness (QED) is 0.157. The van der Waals surface area contributed by atoms with Crippen LogP contribution in [0.3, 0.4) is 0 Å². The molecular weight excluding hydrogens is 570 g/mol. The van der Waals surface area contributed by atoms with Gasteiger partial charge in [0, 0.05) is 12.1 Å². The van der Waals surface area contributed by atoms with E-state index in [4.69, 9.17) is 14.2 Å². The van der Waals surface area contributed by atoms with Crippen LogP contribution in [0.5, 0.6) is 11.5 Å². The normalized spacial score (nSPS) is 14.6. The Labute approximate surface area is 251 Å². The van der Waals surface area contributed by atoms with E-state index in [1.54, 1.807) is 54.8 Å². The van der Waals surface area contributed by atoms with Crippen LogP contribution in [-0.4, -0.2) is 29.2 Å². The summed E-state index contributed by atoms with van der Waals surface area (Å²) in [6.45, 7) is 5.77. The number of aromatic nitrogens is 1. The summed E-state index contributed by atoms with van der Waals surface area (Å²) in [7, 11) is 1.51. The number of thiazole rings is 1. The molecule has 11 heteroatoms. The van der Waals surface area contributed by atoms with E-state index in [1.165, 1.54) is 30.6 Å². The molecule has 1 atom stereocenters. The zero-order valence-electron chi connectivity index (χ0n) is 24.0. The van der Waals surface area contributed by atoms with Crippen LogP contribution in [-0.2, 0) is 16.1 Å². The van der Waals surface area contributed by atoms with Gasteiger partial charge in [-0.2, -0.15) is 0 Å². The summed E-state index contributed by atoms with van der Waals surface area (Å²) in [5, 5.41) is 11.1. The summed E-state index contributed by atoms with van der Waals surface area (Å²) in [6.07, 6.45) is 1.74. The maximum atomic E-state index is 13.9. The van der Waals surface area contributed by atoms with Gasteiger partial charge in [-0.1, -0.05) is 59.4 Å². The summed E-state index contributed by atoms with van der Waals surface area (Å²) in [5.41, 5.74) is 3.71. The monoisotopic (exact) mass is 599 g/mol. The third-order valence-electron chi connectivity index (χ3n) is 6.91. The summed E-state index contributed by atoms with van der Waals surface area (Å²) >= 11 is 1.23. The van der Waals surface area contributed by atoms with Crippen LogP contribution < -0.4 is 24.4 Å². The van der Waals surface area contributed by atoms with Crippen molar-refractivity contribution in [3.8, 4) is 11.5 Å². The minimum Gasteiger partial charge on any atom is -0.493 e. The molecule has 4 aromatic rings. The van der Waals surface area contributed by atoms with Crippen molar-refractivity contribution >= 4 is 29.1 Å². The number of nitro benzene ring substituents is 1. The molecule has 0 N–H and O–H groups in total. The Bertz CT molecular complexity index is 1920. The van der Waals surface area contributed by atoms with Crippen molar-refractivity contribution in [3.05, 3.63) is 130 Å². The third kappa shape index (κ3) is 6.12. The van der Waals surface area contributed by atoms with Gasteiger partial charge in [-0.25, -0.2) is 9.79 Å². The summed E-state index contributed by atoms with van der Waals surface area (Å²) in [4.78, 5) is 42.6. The highest BCUT2D eigenvalue weighted by Crippen LogP contribution is 2.32. The number of carbonyl (C=O) groups is 1. The van der Waals surface area contributed by atoms with E-state index in [-0.39, 0.29) is 24.5 Å². The number of hydrogen-bond donors (Lipinski definition) is 0.